The number of ether oxygens (including phenoxy) is 1. The highest BCUT2D eigenvalue weighted by Gasteiger charge is 2.43. The summed E-state index contributed by atoms with van der Waals surface area (Å²) in [7, 11) is 0. The van der Waals surface area contributed by atoms with E-state index in [4.69, 9.17) is 16.3 Å². The van der Waals surface area contributed by atoms with Crippen LogP contribution in [0.3, 0.4) is 0 Å². The van der Waals surface area contributed by atoms with Crippen LogP contribution in [0.25, 0.3) is 0 Å². The van der Waals surface area contributed by atoms with Crippen LogP contribution in [0.4, 0.5) is 4.79 Å². The topological polar surface area (TPSA) is 43.4 Å². The van der Waals surface area contributed by atoms with E-state index in [1.807, 2.05) is 51.1 Å². The van der Waals surface area contributed by atoms with E-state index in [1.54, 1.807) is 6.07 Å². The largest absolute Gasteiger partial charge is 0.444 e. The molecule has 118 valence electrons. The predicted octanol–water partition coefficient (Wildman–Crippen LogP) is 5.01. The summed E-state index contributed by atoms with van der Waals surface area (Å²) in [6.45, 7) is 6.06. The lowest BCUT2D eigenvalue weighted by Gasteiger charge is -2.22. The lowest BCUT2D eigenvalue weighted by atomic mass is 9.86. The molecule has 3 rings (SSSR count). The molecule has 0 amide bonds. The smallest absolute Gasteiger partial charge is 0.404 e. The Morgan fingerprint density at radius 3 is 2.39 bits per heavy atom. The van der Waals surface area contributed by atoms with E-state index >= 15 is 0 Å². The van der Waals surface area contributed by atoms with Gasteiger partial charge in [0.15, 0.2) is 5.78 Å². The van der Waals surface area contributed by atoms with E-state index in [2.05, 4.69) is 0 Å². The maximum Gasteiger partial charge on any atom is 0.404 e. The van der Waals surface area contributed by atoms with Gasteiger partial charge in [-0.3, -0.25) is 4.79 Å². The molecule has 0 heterocycles. The first-order chi connectivity index (χ1) is 10.9. The summed E-state index contributed by atoms with van der Waals surface area (Å²) in [6, 6.07) is 11.2. The Labute approximate surface area is 140 Å². The van der Waals surface area contributed by atoms with Crippen molar-refractivity contribution in [3.63, 3.8) is 0 Å². The van der Waals surface area contributed by atoms with E-state index in [9.17, 15) is 9.59 Å². The first-order valence-corrected chi connectivity index (χ1v) is 7.85. The molecule has 2 atom stereocenters. The van der Waals surface area contributed by atoms with Gasteiger partial charge in [0.2, 0.25) is 0 Å². The van der Waals surface area contributed by atoms with Crippen molar-refractivity contribution in [3.05, 3.63) is 69.8 Å². The normalized spacial score (nSPS) is 19.6. The highest BCUT2D eigenvalue weighted by Crippen LogP contribution is 2.46. The Bertz CT molecular complexity index is 810. The summed E-state index contributed by atoms with van der Waals surface area (Å²) < 4.78 is 5.31. The average Bonchev–Trinajstić information content (AvgIpc) is 2.78. The van der Waals surface area contributed by atoms with Crippen molar-refractivity contribution in [1.82, 2.24) is 0 Å². The molecule has 2 aromatic carbocycles. The van der Waals surface area contributed by atoms with Gasteiger partial charge in [0, 0.05) is 22.7 Å². The van der Waals surface area contributed by atoms with Gasteiger partial charge in [-0.25, -0.2) is 4.79 Å². The van der Waals surface area contributed by atoms with Gasteiger partial charge in [0.25, 0.3) is 0 Å². The van der Waals surface area contributed by atoms with Crippen molar-refractivity contribution >= 4 is 22.8 Å². The van der Waals surface area contributed by atoms with Crippen LogP contribution in [0.2, 0.25) is 0 Å². The number of benzene rings is 2. The number of hydrogen-bond acceptors (Lipinski definition) is 3. The second-order valence-electron chi connectivity index (χ2n) is 5.93. The molecule has 1 aliphatic carbocycles. The van der Waals surface area contributed by atoms with Crippen LogP contribution in [0.5, 0.6) is 0 Å². The summed E-state index contributed by atoms with van der Waals surface area (Å²) in [5.74, 6) is -0.579. The van der Waals surface area contributed by atoms with Crippen LogP contribution in [0, 0.1) is 20.8 Å². The molecule has 1 aliphatic rings. The Morgan fingerprint density at radius 2 is 1.70 bits per heavy atom. The molecule has 2 aromatic rings. The summed E-state index contributed by atoms with van der Waals surface area (Å²) in [4.78, 5) is 24.2. The Kier molecular flexibility index (Phi) is 3.99. The van der Waals surface area contributed by atoms with Crippen molar-refractivity contribution in [3.8, 4) is 0 Å². The van der Waals surface area contributed by atoms with Crippen LogP contribution < -0.4 is 0 Å². The quantitative estimate of drug-likeness (QED) is 0.728. The molecule has 0 radical (unpaired) electrons. The number of ketones is 1. The fourth-order valence-corrected chi connectivity index (χ4v) is 3.40. The zero-order valence-electron chi connectivity index (χ0n) is 13.2. The van der Waals surface area contributed by atoms with Gasteiger partial charge in [-0.05, 0) is 43.0 Å². The molecule has 0 spiro atoms. The molecular formula is C19H17ClO3. The zero-order valence-corrected chi connectivity index (χ0v) is 14.0. The predicted molar refractivity (Wildman–Crippen MR) is 89.2 cm³/mol. The van der Waals surface area contributed by atoms with Crippen molar-refractivity contribution in [2.75, 3.05) is 0 Å². The van der Waals surface area contributed by atoms with Crippen LogP contribution in [0.15, 0.2) is 36.4 Å². The molecule has 3 nitrogen and oxygen atoms in total. The second kappa shape index (κ2) is 5.82. The molecule has 0 saturated carbocycles. The summed E-state index contributed by atoms with van der Waals surface area (Å²) in [5, 5.41) is 0. The minimum atomic E-state index is -0.897. The third-order valence-corrected chi connectivity index (χ3v) is 4.86. The van der Waals surface area contributed by atoms with Crippen molar-refractivity contribution in [2.45, 2.75) is 32.8 Å². The Balaban J connectivity index is 2.16. The number of fused-ring (bicyclic) bond motifs is 1. The van der Waals surface area contributed by atoms with Crippen LogP contribution in [-0.4, -0.2) is 11.2 Å². The molecule has 0 aliphatic heterocycles. The highest BCUT2D eigenvalue weighted by atomic mass is 35.5. The zero-order chi connectivity index (χ0) is 16.7. The SMILES string of the molecule is Cc1ccc(C2C(=O)c3ccccc3C2OC(=O)Cl)c(C)c1C. The van der Waals surface area contributed by atoms with E-state index in [0.29, 0.717) is 11.1 Å². The first-order valence-electron chi connectivity index (χ1n) is 7.47. The average molecular weight is 329 g/mol. The van der Waals surface area contributed by atoms with Gasteiger partial charge >= 0.3 is 5.43 Å². The maximum atomic E-state index is 12.9. The minimum Gasteiger partial charge on any atom is -0.444 e. The second-order valence-corrected chi connectivity index (χ2v) is 6.24. The molecule has 2 unspecified atom stereocenters. The molecule has 0 N–H and O–H groups in total. The Morgan fingerprint density at radius 1 is 1.00 bits per heavy atom. The van der Waals surface area contributed by atoms with E-state index in [1.165, 1.54) is 5.56 Å². The molecule has 0 saturated heterocycles. The fourth-order valence-electron chi connectivity index (χ4n) is 3.30. The van der Waals surface area contributed by atoms with E-state index in [0.717, 1.165) is 16.7 Å². The molecule has 4 heteroatoms. The molecule has 0 fully saturated rings. The molecule has 0 bridgehead atoms. The monoisotopic (exact) mass is 328 g/mol. The molecular weight excluding hydrogens is 312 g/mol. The van der Waals surface area contributed by atoms with Gasteiger partial charge in [0.05, 0.1) is 5.92 Å². The third kappa shape index (κ3) is 2.55. The van der Waals surface area contributed by atoms with Gasteiger partial charge in [0.1, 0.15) is 6.10 Å². The van der Waals surface area contributed by atoms with Crippen molar-refractivity contribution in [2.24, 2.45) is 0 Å². The van der Waals surface area contributed by atoms with Crippen LogP contribution in [0.1, 0.15) is 50.2 Å². The number of aryl methyl sites for hydroxylation is 1. The number of carbonyl (C=O) groups is 2. The van der Waals surface area contributed by atoms with Crippen molar-refractivity contribution < 1.29 is 14.3 Å². The van der Waals surface area contributed by atoms with Crippen molar-refractivity contribution in [1.29, 1.82) is 0 Å². The van der Waals surface area contributed by atoms with Crippen LogP contribution in [-0.2, 0) is 4.74 Å². The lowest BCUT2D eigenvalue weighted by molar-refractivity contribution is 0.0819. The summed E-state index contributed by atoms with van der Waals surface area (Å²) in [5.41, 5.74) is 4.66. The first kappa shape index (κ1) is 15.8. The number of carbonyl (C=O) groups excluding carboxylic acids is 2. The standard InChI is InChI=1S/C19H17ClO3/c1-10-8-9-13(12(3)11(10)2)16-17(21)14-6-4-5-7-15(14)18(16)23-19(20)22/h4-9,16,18H,1-3H3. The van der Waals surface area contributed by atoms with E-state index < -0.39 is 17.5 Å². The van der Waals surface area contributed by atoms with Gasteiger partial charge in [-0.15, -0.1) is 0 Å². The van der Waals surface area contributed by atoms with Gasteiger partial charge < -0.3 is 4.74 Å². The highest BCUT2D eigenvalue weighted by molar-refractivity contribution is 6.61. The van der Waals surface area contributed by atoms with Gasteiger partial charge in [-0.2, -0.15) is 0 Å². The number of Topliss-reactive ketones (excluding diaryl/α,β-unsaturated/α-hetero) is 1. The number of hydrogen-bond donors (Lipinski definition) is 0. The minimum absolute atomic E-state index is 0.0325. The number of rotatable bonds is 2. The molecule has 23 heavy (non-hydrogen) atoms. The lowest BCUT2D eigenvalue weighted by Crippen LogP contribution is -2.17. The summed E-state index contributed by atoms with van der Waals surface area (Å²) in [6.07, 6.45) is -0.676. The maximum absolute atomic E-state index is 12.9. The van der Waals surface area contributed by atoms with Gasteiger partial charge in [-0.1, -0.05) is 36.4 Å². The Hall–Kier alpha value is -2.13. The molecule has 0 aromatic heterocycles. The van der Waals surface area contributed by atoms with Crippen LogP contribution >= 0.6 is 11.6 Å². The number of halogens is 1. The third-order valence-electron chi connectivity index (χ3n) is 4.77. The fraction of sp³-hybridized carbons (Fsp3) is 0.263. The summed E-state index contributed by atoms with van der Waals surface area (Å²) >= 11 is 5.45. The van der Waals surface area contributed by atoms with E-state index in [-0.39, 0.29) is 5.78 Å².